The average molecular weight is 406 g/mol. The van der Waals surface area contributed by atoms with Crippen LogP contribution >= 0.6 is 11.3 Å². The van der Waals surface area contributed by atoms with Crippen LogP contribution in [0.3, 0.4) is 0 Å². The van der Waals surface area contributed by atoms with E-state index in [0.717, 1.165) is 65.7 Å². The van der Waals surface area contributed by atoms with E-state index in [1.807, 2.05) is 16.6 Å². The fourth-order valence-electron chi connectivity index (χ4n) is 3.93. The summed E-state index contributed by atoms with van der Waals surface area (Å²) >= 11 is 1.71. The highest BCUT2D eigenvalue weighted by molar-refractivity contribution is 7.15. The van der Waals surface area contributed by atoms with Crippen LogP contribution in [0.4, 0.5) is 10.2 Å². The van der Waals surface area contributed by atoms with Crippen molar-refractivity contribution in [2.45, 2.75) is 44.1 Å². The predicted octanol–water partition coefficient (Wildman–Crippen LogP) is 4.75. The highest BCUT2D eigenvalue weighted by Crippen LogP contribution is 2.40. The zero-order valence-electron chi connectivity index (χ0n) is 15.7. The van der Waals surface area contributed by atoms with Gasteiger partial charge in [-0.2, -0.15) is 4.52 Å². The number of aromatic nitrogens is 5. The zero-order valence-corrected chi connectivity index (χ0v) is 16.5. The highest BCUT2D eigenvalue weighted by Gasteiger charge is 2.30. The maximum Gasteiger partial charge on any atom is 0.178 e. The molecule has 0 amide bonds. The summed E-state index contributed by atoms with van der Waals surface area (Å²) in [6.45, 7) is 0. The van der Waals surface area contributed by atoms with Gasteiger partial charge in [-0.1, -0.05) is 0 Å². The molecule has 0 radical (unpaired) electrons. The van der Waals surface area contributed by atoms with E-state index < -0.39 is 0 Å². The van der Waals surface area contributed by atoms with Gasteiger partial charge in [0, 0.05) is 16.4 Å². The quantitative estimate of drug-likeness (QED) is 0.530. The molecule has 1 unspecified atom stereocenters. The summed E-state index contributed by atoms with van der Waals surface area (Å²) in [6, 6.07) is 10.6. The van der Waals surface area contributed by atoms with Gasteiger partial charge in [-0.3, -0.25) is 0 Å². The molecule has 2 aliphatic carbocycles. The Kier molecular flexibility index (Phi) is 3.87. The second kappa shape index (κ2) is 6.59. The summed E-state index contributed by atoms with van der Waals surface area (Å²) in [4.78, 5) is 6.21. The summed E-state index contributed by atoms with van der Waals surface area (Å²) in [5, 5.41) is 17.8. The SMILES string of the molecule is Fc1ccc(-c2nc3c(s2)CCCC3Nc2ccc3nnc(C4CC4)n3n2)cc1. The first-order valence-electron chi connectivity index (χ1n) is 9.99. The summed E-state index contributed by atoms with van der Waals surface area (Å²) in [6.07, 6.45) is 5.49. The van der Waals surface area contributed by atoms with Crippen LogP contribution in [0, 0.1) is 5.82 Å². The number of rotatable bonds is 4. The van der Waals surface area contributed by atoms with E-state index in [1.165, 1.54) is 17.0 Å². The lowest BCUT2D eigenvalue weighted by molar-refractivity contribution is 0.591. The fraction of sp³-hybridized carbons (Fsp3) is 0.333. The first-order valence-corrected chi connectivity index (χ1v) is 10.8. The maximum atomic E-state index is 13.3. The number of aryl methyl sites for hydroxylation is 1. The molecule has 0 spiro atoms. The molecular weight excluding hydrogens is 387 g/mol. The Bertz CT molecular complexity index is 1190. The van der Waals surface area contributed by atoms with Crippen LogP contribution in [0.25, 0.3) is 16.2 Å². The van der Waals surface area contributed by atoms with Gasteiger partial charge in [0.25, 0.3) is 0 Å². The first-order chi connectivity index (χ1) is 14.2. The number of benzene rings is 1. The van der Waals surface area contributed by atoms with Crippen LogP contribution < -0.4 is 5.32 Å². The van der Waals surface area contributed by atoms with Gasteiger partial charge < -0.3 is 5.32 Å². The number of hydrogen-bond acceptors (Lipinski definition) is 6. The molecule has 0 bridgehead atoms. The van der Waals surface area contributed by atoms with Crippen molar-refractivity contribution in [2.24, 2.45) is 0 Å². The third-order valence-corrected chi connectivity index (χ3v) is 6.78. The predicted molar refractivity (Wildman–Crippen MR) is 110 cm³/mol. The van der Waals surface area contributed by atoms with Gasteiger partial charge in [0.05, 0.1) is 11.7 Å². The van der Waals surface area contributed by atoms with Crippen LogP contribution in [0.1, 0.15) is 54.0 Å². The summed E-state index contributed by atoms with van der Waals surface area (Å²) in [5.41, 5.74) is 2.84. The summed E-state index contributed by atoms with van der Waals surface area (Å²) in [5.74, 6) is 2.04. The maximum absolute atomic E-state index is 13.3. The minimum absolute atomic E-state index is 0.120. The van der Waals surface area contributed by atoms with Crippen molar-refractivity contribution < 1.29 is 4.39 Å². The number of nitrogens with one attached hydrogen (secondary N) is 1. The molecule has 0 saturated heterocycles. The van der Waals surface area contributed by atoms with Crippen LogP contribution in [0.2, 0.25) is 0 Å². The molecule has 8 heteroatoms. The van der Waals surface area contributed by atoms with E-state index in [-0.39, 0.29) is 11.9 Å². The third kappa shape index (κ3) is 3.07. The van der Waals surface area contributed by atoms with E-state index in [0.29, 0.717) is 5.92 Å². The van der Waals surface area contributed by atoms with Gasteiger partial charge in [-0.15, -0.1) is 26.6 Å². The lowest BCUT2D eigenvalue weighted by Gasteiger charge is -2.22. The zero-order chi connectivity index (χ0) is 19.4. The molecule has 0 aliphatic heterocycles. The fourth-order valence-corrected chi connectivity index (χ4v) is 5.10. The minimum Gasteiger partial charge on any atom is -0.360 e. The Hall–Kier alpha value is -2.87. The van der Waals surface area contributed by atoms with Gasteiger partial charge >= 0.3 is 0 Å². The molecule has 2 aliphatic rings. The number of anilines is 1. The summed E-state index contributed by atoms with van der Waals surface area (Å²) < 4.78 is 15.1. The van der Waals surface area contributed by atoms with Crippen LogP contribution in [0.5, 0.6) is 0 Å². The molecule has 1 atom stereocenters. The van der Waals surface area contributed by atoms with Crippen molar-refractivity contribution in [3.05, 3.63) is 58.6 Å². The van der Waals surface area contributed by atoms with Crippen molar-refractivity contribution >= 4 is 22.8 Å². The second-order valence-electron chi connectivity index (χ2n) is 7.74. The van der Waals surface area contributed by atoms with E-state index >= 15 is 0 Å². The number of fused-ring (bicyclic) bond motifs is 2. The first kappa shape index (κ1) is 17.0. The van der Waals surface area contributed by atoms with Crippen LogP contribution in [0.15, 0.2) is 36.4 Å². The van der Waals surface area contributed by atoms with E-state index in [4.69, 9.17) is 10.1 Å². The largest absolute Gasteiger partial charge is 0.360 e. The molecule has 29 heavy (non-hydrogen) atoms. The van der Waals surface area contributed by atoms with Crippen molar-refractivity contribution in [3.63, 3.8) is 0 Å². The van der Waals surface area contributed by atoms with Gasteiger partial charge in [-0.05, 0) is 68.5 Å². The minimum atomic E-state index is -0.226. The molecular formula is C21H19FN6S. The second-order valence-corrected chi connectivity index (χ2v) is 8.83. The molecule has 3 aromatic heterocycles. The van der Waals surface area contributed by atoms with Crippen molar-refractivity contribution in [1.82, 2.24) is 24.8 Å². The molecule has 4 aromatic rings. The lowest BCUT2D eigenvalue weighted by atomic mass is 9.97. The van der Waals surface area contributed by atoms with Crippen LogP contribution in [-0.4, -0.2) is 24.8 Å². The van der Waals surface area contributed by atoms with Gasteiger partial charge in [0.1, 0.15) is 16.6 Å². The molecule has 1 aromatic carbocycles. The van der Waals surface area contributed by atoms with Gasteiger partial charge in [0.2, 0.25) is 0 Å². The van der Waals surface area contributed by atoms with Crippen molar-refractivity contribution in [2.75, 3.05) is 5.32 Å². The monoisotopic (exact) mass is 406 g/mol. The Morgan fingerprint density at radius 3 is 2.72 bits per heavy atom. The number of hydrogen-bond donors (Lipinski definition) is 1. The van der Waals surface area contributed by atoms with Gasteiger partial charge in [-0.25, -0.2) is 9.37 Å². The third-order valence-electron chi connectivity index (χ3n) is 5.60. The van der Waals surface area contributed by atoms with E-state index in [9.17, 15) is 4.39 Å². The molecule has 1 N–H and O–H groups in total. The van der Waals surface area contributed by atoms with E-state index in [1.54, 1.807) is 23.5 Å². The Morgan fingerprint density at radius 2 is 1.90 bits per heavy atom. The Labute approximate surface area is 170 Å². The number of nitrogens with zero attached hydrogens (tertiary/aromatic N) is 5. The smallest absolute Gasteiger partial charge is 0.178 e. The number of halogens is 1. The molecule has 6 nitrogen and oxygen atoms in total. The number of thiazole rings is 1. The van der Waals surface area contributed by atoms with E-state index in [2.05, 4.69) is 15.5 Å². The standard InChI is InChI=1S/C21H19FN6S/c22-14-8-6-13(7-9-14)21-24-19-15(2-1-3-16(19)29-21)23-17-10-11-18-25-26-20(12-4-5-12)28(18)27-17/h6-12,15H,1-5H2,(H,23,27). The lowest BCUT2D eigenvalue weighted by Crippen LogP contribution is -2.18. The normalized spacial score (nSPS) is 18.7. The highest BCUT2D eigenvalue weighted by atomic mass is 32.1. The van der Waals surface area contributed by atoms with Crippen molar-refractivity contribution in [1.29, 1.82) is 0 Å². The summed E-state index contributed by atoms with van der Waals surface area (Å²) in [7, 11) is 0. The average Bonchev–Trinajstić information content (AvgIpc) is 3.33. The molecule has 3 heterocycles. The van der Waals surface area contributed by atoms with Crippen molar-refractivity contribution in [3.8, 4) is 10.6 Å². The molecule has 1 saturated carbocycles. The molecule has 1 fully saturated rings. The molecule has 146 valence electrons. The molecule has 6 rings (SSSR count). The Morgan fingerprint density at radius 1 is 1.03 bits per heavy atom. The Balaban J connectivity index is 1.31. The van der Waals surface area contributed by atoms with Crippen LogP contribution in [-0.2, 0) is 6.42 Å². The topological polar surface area (TPSA) is 68.0 Å². The van der Waals surface area contributed by atoms with Gasteiger partial charge in [0.15, 0.2) is 11.5 Å².